The lowest BCUT2D eigenvalue weighted by Crippen LogP contribution is -2.15. The van der Waals surface area contributed by atoms with Gasteiger partial charge in [0.15, 0.2) is 0 Å². The van der Waals surface area contributed by atoms with Crippen LogP contribution in [0.15, 0.2) is 71.8 Å². The predicted octanol–water partition coefficient (Wildman–Crippen LogP) is 2.98. The van der Waals surface area contributed by atoms with Gasteiger partial charge in [-0.2, -0.15) is 5.10 Å². The van der Waals surface area contributed by atoms with E-state index in [1.807, 2.05) is 36.4 Å². The zero-order valence-corrected chi connectivity index (χ0v) is 14.0. The van der Waals surface area contributed by atoms with Gasteiger partial charge in [-0.1, -0.05) is 30.3 Å². The molecule has 0 aliphatic carbocycles. The smallest absolute Gasteiger partial charge is 0.261 e. The van der Waals surface area contributed by atoms with Crippen molar-refractivity contribution in [2.45, 2.75) is 0 Å². The highest BCUT2D eigenvalue weighted by atomic mass is 16.2. The number of hydrogen-bond donors (Lipinski definition) is 2. The first-order valence-electron chi connectivity index (χ1n) is 8.35. The summed E-state index contributed by atoms with van der Waals surface area (Å²) >= 11 is 0. The first kappa shape index (κ1) is 15.3. The number of pyridine rings is 1. The van der Waals surface area contributed by atoms with Gasteiger partial charge in [0, 0.05) is 5.39 Å². The molecule has 0 atom stereocenters. The predicted molar refractivity (Wildman–Crippen MR) is 103 cm³/mol. The Hall–Kier alpha value is -4.00. The minimum atomic E-state index is -0.368. The molecule has 0 unspecified atom stereocenters. The monoisotopic (exact) mass is 355 g/mol. The SMILES string of the molecule is O=C(Nc1cnc2ccccc2c1)c1cnn2c1[nH]c(=O)c1ccccc12. The second-order valence-electron chi connectivity index (χ2n) is 6.16. The normalized spacial score (nSPS) is 11.3. The van der Waals surface area contributed by atoms with Gasteiger partial charge in [0.25, 0.3) is 11.5 Å². The van der Waals surface area contributed by atoms with E-state index in [-0.39, 0.29) is 17.0 Å². The number of aromatic amines is 1. The second-order valence-corrected chi connectivity index (χ2v) is 6.16. The van der Waals surface area contributed by atoms with Crippen molar-refractivity contribution in [1.82, 2.24) is 19.6 Å². The maximum absolute atomic E-state index is 12.8. The minimum absolute atomic E-state index is 0.264. The number of aromatic nitrogens is 4. The molecule has 2 N–H and O–H groups in total. The fraction of sp³-hybridized carbons (Fsp3) is 0. The van der Waals surface area contributed by atoms with Gasteiger partial charge in [-0.3, -0.25) is 14.6 Å². The van der Waals surface area contributed by atoms with Gasteiger partial charge in [0.2, 0.25) is 0 Å². The van der Waals surface area contributed by atoms with Gasteiger partial charge in [0.05, 0.1) is 34.5 Å². The molecule has 0 saturated carbocycles. The molecule has 7 heteroatoms. The zero-order valence-electron chi connectivity index (χ0n) is 14.0. The van der Waals surface area contributed by atoms with Crippen LogP contribution in [0.4, 0.5) is 5.69 Å². The Morgan fingerprint density at radius 1 is 1.04 bits per heavy atom. The van der Waals surface area contributed by atoms with Gasteiger partial charge in [-0.25, -0.2) is 4.52 Å². The summed E-state index contributed by atoms with van der Waals surface area (Å²) in [4.78, 5) is 32.2. The Bertz CT molecular complexity index is 1400. The summed E-state index contributed by atoms with van der Waals surface area (Å²) in [5.41, 5.74) is 2.43. The van der Waals surface area contributed by atoms with Crippen LogP contribution in [0.1, 0.15) is 10.4 Å². The molecular weight excluding hydrogens is 342 g/mol. The molecule has 0 aliphatic rings. The summed E-state index contributed by atoms with van der Waals surface area (Å²) in [6.07, 6.45) is 3.05. The first-order chi connectivity index (χ1) is 13.2. The van der Waals surface area contributed by atoms with Crippen molar-refractivity contribution in [3.8, 4) is 0 Å². The highest BCUT2D eigenvalue weighted by molar-refractivity contribution is 6.09. The third kappa shape index (κ3) is 2.44. The molecule has 2 aromatic carbocycles. The van der Waals surface area contributed by atoms with Gasteiger partial charge < -0.3 is 10.3 Å². The lowest BCUT2D eigenvalue weighted by atomic mass is 10.2. The van der Waals surface area contributed by atoms with Crippen LogP contribution >= 0.6 is 0 Å². The largest absolute Gasteiger partial charge is 0.320 e. The van der Waals surface area contributed by atoms with Gasteiger partial charge in [0.1, 0.15) is 11.2 Å². The Kier molecular flexibility index (Phi) is 3.26. The number of carbonyl (C=O) groups is 1. The van der Waals surface area contributed by atoms with Crippen molar-refractivity contribution < 1.29 is 4.79 Å². The number of anilines is 1. The summed E-state index contributed by atoms with van der Waals surface area (Å²) in [6.45, 7) is 0. The van der Waals surface area contributed by atoms with Crippen molar-refractivity contribution in [2.24, 2.45) is 0 Å². The number of nitrogens with zero attached hydrogens (tertiary/aromatic N) is 3. The van der Waals surface area contributed by atoms with Crippen LogP contribution in [0, 0.1) is 0 Å². The van der Waals surface area contributed by atoms with Crippen LogP contribution in [0.3, 0.4) is 0 Å². The van der Waals surface area contributed by atoms with Crippen LogP contribution in [0.5, 0.6) is 0 Å². The Morgan fingerprint density at radius 3 is 2.78 bits per heavy atom. The first-order valence-corrected chi connectivity index (χ1v) is 8.35. The molecule has 27 heavy (non-hydrogen) atoms. The second kappa shape index (κ2) is 5.77. The average molecular weight is 355 g/mol. The quantitative estimate of drug-likeness (QED) is 0.509. The van der Waals surface area contributed by atoms with Crippen LogP contribution in [0.25, 0.3) is 27.5 Å². The van der Waals surface area contributed by atoms with E-state index in [9.17, 15) is 9.59 Å². The summed E-state index contributed by atoms with van der Waals surface area (Å²) in [5.74, 6) is -0.368. The zero-order chi connectivity index (χ0) is 18.4. The fourth-order valence-corrected chi connectivity index (χ4v) is 3.18. The Morgan fingerprint density at radius 2 is 1.85 bits per heavy atom. The van der Waals surface area contributed by atoms with Crippen molar-refractivity contribution >= 4 is 39.0 Å². The molecule has 3 heterocycles. The third-order valence-corrected chi connectivity index (χ3v) is 4.47. The van der Waals surface area contributed by atoms with E-state index < -0.39 is 0 Å². The molecule has 1 amide bonds. The number of para-hydroxylation sites is 2. The summed E-state index contributed by atoms with van der Waals surface area (Å²) < 4.78 is 1.56. The van der Waals surface area contributed by atoms with Crippen LogP contribution in [-0.2, 0) is 0 Å². The van der Waals surface area contributed by atoms with Crippen molar-refractivity contribution in [3.05, 3.63) is 82.9 Å². The minimum Gasteiger partial charge on any atom is -0.320 e. The van der Waals surface area contributed by atoms with E-state index in [0.29, 0.717) is 22.2 Å². The van der Waals surface area contributed by atoms with Gasteiger partial charge in [-0.05, 0) is 24.3 Å². The Labute approximate surface area is 152 Å². The molecule has 0 fully saturated rings. The van der Waals surface area contributed by atoms with Gasteiger partial charge in [-0.15, -0.1) is 0 Å². The number of H-pyrrole nitrogens is 1. The van der Waals surface area contributed by atoms with Crippen LogP contribution in [0.2, 0.25) is 0 Å². The topological polar surface area (TPSA) is 92.2 Å². The third-order valence-electron chi connectivity index (χ3n) is 4.47. The maximum atomic E-state index is 12.8. The molecule has 130 valence electrons. The molecule has 5 aromatic rings. The molecule has 5 rings (SSSR count). The molecule has 3 aromatic heterocycles. The van der Waals surface area contributed by atoms with Gasteiger partial charge >= 0.3 is 0 Å². The van der Waals surface area contributed by atoms with Crippen LogP contribution < -0.4 is 10.9 Å². The fourth-order valence-electron chi connectivity index (χ4n) is 3.18. The van der Waals surface area contributed by atoms with E-state index in [4.69, 9.17) is 0 Å². The number of hydrogen-bond acceptors (Lipinski definition) is 4. The number of benzene rings is 2. The number of nitrogens with one attached hydrogen (secondary N) is 2. The standard InChI is InChI=1S/C20H13N5O2/c26-19-14-6-2-4-8-17(14)25-18(24-19)15(11-22-25)20(27)23-13-9-12-5-1-3-7-16(12)21-10-13/h1-11H,(H,23,27)(H,24,26). The lowest BCUT2D eigenvalue weighted by Gasteiger charge is -2.06. The molecule has 0 radical (unpaired) electrons. The highest BCUT2D eigenvalue weighted by Gasteiger charge is 2.16. The number of carbonyl (C=O) groups excluding carboxylic acids is 1. The summed E-state index contributed by atoms with van der Waals surface area (Å²) in [6, 6.07) is 16.6. The molecule has 0 aliphatic heterocycles. The molecule has 0 spiro atoms. The average Bonchev–Trinajstić information content (AvgIpc) is 3.12. The van der Waals surface area contributed by atoms with E-state index >= 15 is 0 Å². The van der Waals surface area contributed by atoms with Crippen molar-refractivity contribution in [1.29, 1.82) is 0 Å². The number of fused-ring (bicyclic) bond motifs is 4. The van der Waals surface area contributed by atoms with E-state index in [0.717, 1.165) is 10.9 Å². The molecule has 0 saturated heterocycles. The molecule has 0 bridgehead atoms. The maximum Gasteiger partial charge on any atom is 0.261 e. The summed E-state index contributed by atoms with van der Waals surface area (Å²) in [5, 5.41) is 8.53. The molecular formula is C20H13N5O2. The van der Waals surface area contributed by atoms with Crippen molar-refractivity contribution in [3.63, 3.8) is 0 Å². The van der Waals surface area contributed by atoms with Crippen molar-refractivity contribution in [2.75, 3.05) is 5.32 Å². The highest BCUT2D eigenvalue weighted by Crippen LogP contribution is 2.18. The Balaban J connectivity index is 1.58. The number of amides is 1. The van der Waals surface area contributed by atoms with E-state index in [1.165, 1.54) is 6.20 Å². The lowest BCUT2D eigenvalue weighted by molar-refractivity contribution is 0.102. The van der Waals surface area contributed by atoms with E-state index in [2.05, 4.69) is 20.4 Å². The molecule has 7 nitrogen and oxygen atoms in total. The summed E-state index contributed by atoms with van der Waals surface area (Å²) in [7, 11) is 0. The van der Waals surface area contributed by atoms with Crippen LogP contribution in [-0.4, -0.2) is 25.5 Å². The number of rotatable bonds is 2. The van der Waals surface area contributed by atoms with E-state index in [1.54, 1.807) is 28.9 Å².